The van der Waals surface area contributed by atoms with E-state index in [1.807, 2.05) is 6.92 Å². The normalized spacial score (nSPS) is 12.6. The van der Waals surface area contributed by atoms with Gasteiger partial charge in [0, 0.05) is 6.08 Å². The Morgan fingerprint density at radius 3 is 2.08 bits per heavy atom. The lowest BCUT2D eigenvalue weighted by atomic mass is 10.3. The Hall–Kier alpha value is -0.703. The highest BCUT2D eigenvalue weighted by Crippen LogP contribution is 2.12. The van der Waals surface area contributed by atoms with E-state index in [-0.39, 0.29) is 0 Å². The van der Waals surface area contributed by atoms with E-state index in [0.717, 1.165) is 5.57 Å². The van der Waals surface area contributed by atoms with Gasteiger partial charge in [-0.05, 0) is 26.6 Å². The first-order valence-corrected chi connectivity index (χ1v) is 7.36. The van der Waals surface area contributed by atoms with Crippen LogP contribution in [0.25, 0.3) is 0 Å². The highest BCUT2D eigenvalue weighted by molar-refractivity contribution is 6.69. The fraction of sp³-hybridized carbons (Fsp3) is 0.556. The predicted octanol–water partition coefficient (Wildman–Crippen LogP) is 2.90. The lowest BCUT2D eigenvalue weighted by Crippen LogP contribution is -2.25. The highest BCUT2D eigenvalue weighted by Gasteiger charge is 2.17. The van der Waals surface area contributed by atoms with Gasteiger partial charge in [-0.1, -0.05) is 12.2 Å². The van der Waals surface area contributed by atoms with Crippen LogP contribution in [0.1, 0.15) is 6.92 Å². The van der Waals surface area contributed by atoms with Gasteiger partial charge in [-0.2, -0.15) is 0 Å². The smallest absolute Gasteiger partial charge is 0.265 e. The molecule has 0 aromatic rings. The largest absolute Gasteiger partial charge is 0.520 e. The Balaban J connectivity index is 4.28. The molecule has 0 saturated carbocycles. The van der Waals surface area contributed by atoms with Crippen molar-refractivity contribution in [2.75, 3.05) is 7.11 Å². The molecule has 0 N–H and O–H groups in total. The van der Waals surface area contributed by atoms with Crippen LogP contribution in [-0.4, -0.2) is 15.4 Å². The summed E-state index contributed by atoms with van der Waals surface area (Å²) in [4.78, 5) is 0. The second-order valence-electron chi connectivity index (χ2n) is 3.73. The molecule has 0 aliphatic rings. The maximum absolute atomic E-state index is 5.61. The fourth-order valence-corrected chi connectivity index (χ4v) is 1.38. The molecule has 0 bridgehead atoms. The molecule has 0 fully saturated rings. The third-order valence-corrected chi connectivity index (χ3v) is 1.79. The van der Waals surface area contributed by atoms with Crippen LogP contribution < -0.4 is 0 Å². The van der Waals surface area contributed by atoms with Gasteiger partial charge in [-0.15, -0.1) is 0 Å². The molecule has 70 valence electrons. The van der Waals surface area contributed by atoms with Crippen LogP contribution in [0.5, 0.6) is 0 Å². The number of hydrogen-bond donors (Lipinski definition) is 0. The molecular formula is C9H18O2Si. The van der Waals surface area contributed by atoms with Gasteiger partial charge >= 0.3 is 0 Å². The first-order chi connectivity index (χ1) is 5.35. The molecule has 0 heterocycles. The summed E-state index contributed by atoms with van der Waals surface area (Å²) < 4.78 is 10.7. The zero-order valence-electron chi connectivity index (χ0n) is 8.60. The lowest BCUT2D eigenvalue weighted by Gasteiger charge is -2.20. The van der Waals surface area contributed by atoms with Crippen molar-refractivity contribution in [1.29, 1.82) is 0 Å². The Kier molecular flexibility index (Phi) is 4.10. The van der Waals surface area contributed by atoms with E-state index < -0.39 is 8.32 Å². The topological polar surface area (TPSA) is 18.5 Å². The number of hydrogen-bond acceptors (Lipinski definition) is 2. The van der Waals surface area contributed by atoms with Gasteiger partial charge in [0.1, 0.15) is 0 Å². The van der Waals surface area contributed by atoms with Crippen molar-refractivity contribution in [3.63, 3.8) is 0 Å². The van der Waals surface area contributed by atoms with Gasteiger partial charge in [0.15, 0.2) is 0 Å². The Morgan fingerprint density at radius 2 is 1.83 bits per heavy atom. The number of rotatable bonds is 4. The fourth-order valence-electron chi connectivity index (χ4n) is 0.633. The van der Waals surface area contributed by atoms with E-state index in [1.54, 1.807) is 13.2 Å². The van der Waals surface area contributed by atoms with Crippen molar-refractivity contribution >= 4 is 8.32 Å². The average molecular weight is 186 g/mol. The lowest BCUT2D eigenvalue weighted by molar-refractivity contribution is 0.147. The first kappa shape index (κ1) is 11.3. The highest BCUT2D eigenvalue weighted by atomic mass is 28.4. The van der Waals surface area contributed by atoms with Crippen molar-refractivity contribution in [3.8, 4) is 0 Å². The molecule has 2 nitrogen and oxygen atoms in total. The summed E-state index contributed by atoms with van der Waals surface area (Å²) in [5.41, 5.74) is 0.935. The van der Waals surface area contributed by atoms with Crippen LogP contribution in [-0.2, 0) is 9.16 Å². The van der Waals surface area contributed by atoms with E-state index >= 15 is 0 Å². The van der Waals surface area contributed by atoms with Crippen molar-refractivity contribution in [1.82, 2.24) is 0 Å². The van der Waals surface area contributed by atoms with Crippen LogP contribution >= 0.6 is 0 Å². The summed E-state index contributed by atoms with van der Waals surface area (Å²) in [5.74, 6) is 0.571. The maximum Gasteiger partial charge on any atom is 0.265 e. The summed E-state index contributed by atoms with van der Waals surface area (Å²) in [6.45, 7) is 12.0. The quantitative estimate of drug-likeness (QED) is 0.382. The summed E-state index contributed by atoms with van der Waals surface area (Å²) in [7, 11) is 0.0636. The molecule has 0 aromatic heterocycles. The van der Waals surface area contributed by atoms with E-state index in [1.165, 1.54) is 0 Å². The molecule has 3 heteroatoms. The number of allylic oxidation sites excluding steroid dienone is 2. The average Bonchev–Trinajstić information content (AvgIpc) is 1.82. The zero-order chi connectivity index (χ0) is 9.78. The van der Waals surface area contributed by atoms with Gasteiger partial charge in [0.05, 0.1) is 7.11 Å². The number of ether oxygens (including phenoxy) is 1. The van der Waals surface area contributed by atoms with Crippen LogP contribution in [0, 0.1) is 0 Å². The molecule has 0 radical (unpaired) electrons. The molecule has 0 atom stereocenters. The Bertz CT molecular complexity index is 189. The minimum absolute atomic E-state index is 0.571. The molecule has 0 unspecified atom stereocenters. The summed E-state index contributed by atoms with van der Waals surface area (Å²) in [6, 6.07) is 0. The van der Waals surface area contributed by atoms with Gasteiger partial charge < -0.3 is 9.16 Å². The van der Waals surface area contributed by atoms with Crippen molar-refractivity contribution in [2.24, 2.45) is 0 Å². The molecule has 0 amide bonds. The Labute approximate surface area is 76.0 Å². The second kappa shape index (κ2) is 4.35. The van der Waals surface area contributed by atoms with Crippen molar-refractivity contribution in [3.05, 3.63) is 24.2 Å². The van der Waals surface area contributed by atoms with Gasteiger partial charge in [0.25, 0.3) is 5.95 Å². The van der Waals surface area contributed by atoms with Crippen molar-refractivity contribution < 1.29 is 9.16 Å². The maximum atomic E-state index is 5.61. The molecule has 0 spiro atoms. The molecule has 0 aliphatic carbocycles. The first-order valence-electron chi connectivity index (χ1n) is 3.95. The molecule has 0 rings (SSSR count). The summed E-state index contributed by atoms with van der Waals surface area (Å²) >= 11 is 0. The van der Waals surface area contributed by atoms with Crippen LogP contribution in [0.3, 0.4) is 0 Å². The molecule has 0 saturated heterocycles. The monoisotopic (exact) mass is 186 g/mol. The molecular weight excluding hydrogens is 168 g/mol. The van der Waals surface area contributed by atoms with E-state index in [0.29, 0.717) is 5.95 Å². The van der Waals surface area contributed by atoms with Crippen LogP contribution in [0.4, 0.5) is 0 Å². The predicted molar refractivity (Wildman–Crippen MR) is 54.3 cm³/mol. The minimum Gasteiger partial charge on any atom is -0.520 e. The molecule has 0 aromatic carbocycles. The zero-order valence-corrected chi connectivity index (χ0v) is 9.60. The van der Waals surface area contributed by atoms with E-state index in [9.17, 15) is 0 Å². The van der Waals surface area contributed by atoms with Gasteiger partial charge in [0.2, 0.25) is 8.32 Å². The Morgan fingerprint density at radius 1 is 1.33 bits per heavy atom. The summed E-state index contributed by atoms with van der Waals surface area (Å²) in [6.07, 6.45) is 1.80. The van der Waals surface area contributed by atoms with Crippen molar-refractivity contribution in [2.45, 2.75) is 26.6 Å². The molecule has 0 aliphatic heterocycles. The minimum atomic E-state index is -1.54. The SMILES string of the molecule is C=C(C)/C=C(/OC)O[Si](C)(C)C. The van der Waals surface area contributed by atoms with Crippen LogP contribution in [0.15, 0.2) is 24.2 Å². The number of methoxy groups -OCH3 is 1. The molecule has 12 heavy (non-hydrogen) atoms. The third-order valence-electron chi connectivity index (χ3n) is 0.972. The van der Waals surface area contributed by atoms with E-state index in [4.69, 9.17) is 9.16 Å². The second-order valence-corrected chi connectivity index (χ2v) is 8.16. The third kappa shape index (κ3) is 6.04. The standard InChI is InChI=1S/C9H18O2Si/c1-8(2)7-9(10-3)11-12(4,5)6/h7H,1H2,2-6H3/b9-7-. The summed E-state index contributed by atoms with van der Waals surface area (Å²) in [5, 5.41) is 0. The van der Waals surface area contributed by atoms with E-state index in [2.05, 4.69) is 26.2 Å². The van der Waals surface area contributed by atoms with Crippen LogP contribution in [0.2, 0.25) is 19.6 Å². The van der Waals surface area contributed by atoms with Gasteiger partial charge in [-0.25, -0.2) is 0 Å². The van der Waals surface area contributed by atoms with Gasteiger partial charge in [-0.3, -0.25) is 0 Å².